The summed E-state index contributed by atoms with van der Waals surface area (Å²) < 4.78 is 13.7. The van der Waals surface area contributed by atoms with Gasteiger partial charge in [-0.3, -0.25) is 0 Å². The van der Waals surface area contributed by atoms with Gasteiger partial charge in [0.15, 0.2) is 16.6 Å². The second-order valence-corrected chi connectivity index (χ2v) is 23.1. The molecule has 0 spiro atoms. The summed E-state index contributed by atoms with van der Waals surface area (Å²) in [5.41, 5.74) is 2.97. The maximum atomic E-state index is 7.15. The first-order chi connectivity index (χ1) is 15.7. The van der Waals surface area contributed by atoms with E-state index in [2.05, 4.69) is 71.3 Å². The van der Waals surface area contributed by atoms with Crippen molar-refractivity contribution in [2.24, 2.45) is 33.7 Å². The van der Waals surface area contributed by atoms with Crippen LogP contribution in [-0.2, 0) is 13.7 Å². The number of oxime groups is 1. The predicted molar refractivity (Wildman–Crippen MR) is 147 cm³/mol. The molecule has 0 saturated heterocycles. The summed E-state index contributed by atoms with van der Waals surface area (Å²) in [6.45, 7) is 21.3. The van der Waals surface area contributed by atoms with Gasteiger partial charge in [-0.25, -0.2) is 0 Å². The molecule has 0 bridgehead atoms. The van der Waals surface area contributed by atoms with E-state index in [1.807, 2.05) is 0 Å². The molecule has 4 aliphatic carbocycles. The fraction of sp³-hybridized carbons (Fsp3) is 0.893. The molecule has 0 radical (unpaired) electrons. The Labute approximate surface area is 211 Å². The normalized spacial score (nSPS) is 43.0. The van der Waals surface area contributed by atoms with E-state index in [0.29, 0.717) is 17.4 Å². The number of allylic oxidation sites excluding steroid dienone is 1. The molecule has 0 aromatic heterocycles. The van der Waals surface area contributed by atoms with Crippen LogP contribution in [0.3, 0.4) is 0 Å². The quantitative estimate of drug-likeness (QED) is 0.160. The molecule has 194 valence electrons. The zero-order valence-electron chi connectivity index (χ0n) is 23.7. The van der Waals surface area contributed by atoms with Gasteiger partial charge in [0.2, 0.25) is 0 Å². The van der Waals surface area contributed by atoms with E-state index in [4.69, 9.17) is 13.7 Å². The molecular weight excluding hydrogens is 454 g/mol. The highest BCUT2D eigenvalue weighted by Gasteiger charge is 2.66. The van der Waals surface area contributed by atoms with Crippen molar-refractivity contribution >= 4 is 22.3 Å². The molecule has 0 heterocycles. The van der Waals surface area contributed by atoms with Crippen LogP contribution in [0.4, 0.5) is 0 Å². The Hall–Kier alpha value is -0.436. The molecule has 3 fully saturated rings. The first-order valence-corrected chi connectivity index (χ1v) is 20.6. The Bertz CT molecular complexity index is 844. The van der Waals surface area contributed by atoms with E-state index in [1.54, 1.807) is 12.7 Å². The lowest BCUT2D eigenvalue weighted by Crippen LogP contribution is -2.60. The summed E-state index contributed by atoms with van der Waals surface area (Å²) in [6, 6.07) is 0. The van der Waals surface area contributed by atoms with Crippen LogP contribution in [-0.4, -0.2) is 41.2 Å². The summed E-state index contributed by atoms with van der Waals surface area (Å²) in [4.78, 5) is 5.32. The molecule has 0 N–H and O–H groups in total. The highest BCUT2D eigenvalue weighted by atomic mass is 28.4. The van der Waals surface area contributed by atoms with Gasteiger partial charge in [0.05, 0.1) is 5.71 Å². The summed E-state index contributed by atoms with van der Waals surface area (Å²) in [5, 5.41) is 4.51. The van der Waals surface area contributed by atoms with Gasteiger partial charge in [0.25, 0.3) is 0 Å². The molecule has 4 nitrogen and oxygen atoms in total. The van der Waals surface area contributed by atoms with Crippen molar-refractivity contribution in [1.82, 2.24) is 0 Å². The molecule has 34 heavy (non-hydrogen) atoms. The average Bonchev–Trinajstić information content (AvgIpc) is 2.99. The van der Waals surface area contributed by atoms with E-state index < -0.39 is 16.6 Å². The Balaban J connectivity index is 1.64. The van der Waals surface area contributed by atoms with Gasteiger partial charge in [-0.05, 0) is 121 Å². The number of hydrogen-bond acceptors (Lipinski definition) is 4. The van der Waals surface area contributed by atoms with Gasteiger partial charge in [0.1, 0.15) is 12.7 Å². The maximum Gasteiger partial charge on any atom is 0.185 e. The lowest BCUT2D eigenvalue weighted by molar-refractivity contribution is -0.0866. The SMILES string of the molecule is CON=C(C)[C@@]1(O[Si](C)(C)C)CC[C@H]2[C@@H]3CC=C4C[C@@H](O[Si](C)(C)C)CC[C@]4(C)[C@H]3CC[C@@]21C. The summed E-state index contributed by atoms with van der Waals surface area (Å²) in [5.74, 6) is 2.24. The van der Waals surface area contributed by atoms with E-state index in [-0.39, 0.29) is 11.0 Å². The lowest BCUT2D eigenvalue weighted by atomic mass is 9.46. The van der Waals surface area contributed by atoms with Crippen LogP contribution >= 0.6 is 0 Å². The second-order valence-electron chi connectivity index (χ2n) is 14.2. The highest BCUT2D eigenvalue weighted by molar-refractivity contribution is 6.70. The smallest absolute Gasteiger partial charge is 0.185 e. The summed E-state index contributed by atoms with van der Waals surface area (Å²) in [7, 11) is -1.61. The van der Waals surface area contributed by atoms with Crippen LogP contribution in [0.25, 0.3) is 0 Å². The van der Waals surface area contributed by atoms with Crippen LogP contribution in [0.5, 0.6) is 0 Å². The molecule has 4 aliphatic rings. The van der Waals surface area contributed by atoms with Crippen molar-refractivity contribution in [2.45, 2.75) is 123 Å². The topological polar surface area (TPSA) is 40.0 Å². The van der Waals surface area contributed by atoms with Gasteiger partial charge in [-0.15, -0.1) is 0 Å². The first kappa shape index (κ1) is 26.6. The zero-order valence-corrected chi connectivity index (χ0v) is 25.7. The maximum absolute atomic E-state index is 7.15. The van der Waals surface area contributed by atoms with Crippen molar-refractivity contribution in [3.8, 4) is 0 Å². The molecule has 0 aromatic carbocycles. The van der Waals surface area contributed by atoms with Crippen LogP contribution < -0.4 is 0 Å². The van der Waals surface area contributed by atoms with Gasteiger partial charge < -0.3 is 13.7 Å². The number of fused-ring (bicyclic) bond motifs is 5. The highest BCUT2D eigenvalue weighted by Crippen LogP contribution is 2.68. The minimum atomic E-state index is -1.78. The number of rotatable bonds is 6. The van der Waals surface area contributed by atoms with Gasteiger partial charge >= 0.3 is 0 Å². The monoisotopic (exact) mass is 505 g/mol. The van der Waals surface area contributed by atoms with Crippen molar-refractivity contribution in [3.05, 3.63) is 11.6 Å². The third kappa shape index (κ3) is 4.43. The van der Waals surface area contributed by atoms with Crippen LogP contribution in [0.2, 0.25) is 39.3 Å². The van der Waals surface area contributed by atoms with Crippen molar-refractivity contribution in [2.75, 3.05) is 7.11 Å². The Morgan fingerprint density at radius 1 is 0.941 bits per heavy atom. The second kappa shape index (κ2) is 8.84. The Kier molecular flexibility index (Phi) is 6.93. The summed E-state index contributed by atoms with van der Waals surface area (Å²) in [6.07, 6.45) is 12.9. The Morgan fingerprint density at radius 3 is 2.24 bits per heavy atom. The van der Waals surface area contributed by atoms with Gasteiger partial charge in [-0.1, -0.05) is 30.7 Å². The molecule has 0 aromatic rings. The van der Waals surface area contributed by atoms with Crippen LogP contribution in [0, 0.1) is 28.6 Å². The minimum absolute atomic E-state index is 0.125. The molecule has 7 atom stereocenters. The third-order valence-electron chi connectivity index (χ3n) is 9.99. The molecule has 0 unspecified atom stereocenters. The Morgan fingerprint density at radius 2 is 1.62 bits per heavy atom. The number of nitrogens with zero attached hydrogens (tertiary/aromatic N) is 1. The fourth-order valence-corrected chi connectivity index (χ4v) is 11.5. The number of hydrogen-bond donors (Lipinski definition) is 0. The van der Waals surface area contributed by atoms with Gasteiger partial charge in [-0.2, -0.15) is 0 Å². The molecule has 6 heteroatoms. The fourth-order valence-electron chi connectivity index (χ4n) is 8.80. The standard InChI is InChI=1S/C28H51NO3Si2/c1-20(29-30-4)28(32-34(8,9)10)18-15-25-23-12-11-21-19-22(31-33(5,6)7)13-16-26(21,2)24(23)14-17-27(25,28)3/h11,22-25H,12-19H2,1-10H3/t22-,23+,24-,25-,26-,27-,28-/m0/s1. The third-order valence-corrected chi connectivity index (χ3v) is 12.0. The molecule has 0 amide bonds. The zero-order chi connectivity index (χ0) is 25.2. The lowest BCUT2D eigenvalue weighted by Gasteiger charge is -2.60. The molecule has 4 rings (SSSR count). The van der Waals surface area contributed by atoms with E-state index in [0.717, 1.165) is 30.4 Å². The van der Waals surface area contributed by atoms with Crippen LogP contribution in [0.15, 0.2) is 16.8 Å². The van der Waals surface area contributed by atoms with Crippen molar-refractivity contribution in [1.29, 1.82) is 0 Å². The first-order valence-electron chi connectivity index (χ1n) is 13.8. The minimum Gasteiger partial charge on any atom is -0.414 e. The van der Waals surface area contributed by atoms with E-state index >= 15 is 0 Å². The summed E-state index contributed by atoms with van der Waals surface area (Å²) >= 11 is 0. The average molecular weight is 506 g/mol. The van der Waals surface area contributed by atoms with Crippen molar-refractivity contribution in [3.63, 3.8) is 0 Å². The van der Waals surface area contributed by atoms with Crippen LogP contribution in [0.1, 0.15) is 72.1 Å². The molecule has 3 saturated carbocycles. The van der Waals surface area contributed by atoms with E-state index in [9.17, 15) is 0 Å². The van der Waals surface area contributed by atoms with Crippen molar-refractivity contribution < 1.29 is 13.7 Å². The molecule has 0 aliphatic heterocycles. The van der Waals surface area contributed by atoms with E-state index in [1.165, 1.54) is 38.5 Å². The largest absolute Gasteiger partial charge is 0.414 e. The predicted octanol–water partition coefficient (Wildman–Crippen LogP) is 7.78. The van der Waals surface area contributed by atoms with Gasteiger partial charge in [0, 0.05) is 11.5 Å². The molecular formula is C28H51NO3Si2.